The van der Waals surface area contributed by atoms with E-state index in [4.69, 9.17) is 0 Å². The third kappa shape index (κ3) is 4.69. The number of hydrogen-bond acceptors (Lipinski definition) is 4. The summed E-state index contributed by atoms with van der Waals surface area (Å²) in [5.41, 5.74) is 2.12. The van der Waals surface area contributed by atoms with E-state index in [1.807, 2.05) is 38.2 Å². The van der Waals surface area contributed by atoms with Gasteiger partial charge in [-0.1, -0.05) is 50.3 Å². The van der Waals surface area contributed by atoms with Gasteiger partial charge in [-0.05, 0) is 31.9 Å². The zero-order chi connectivity index (χ0) is 18.2. The number of carbonyl (C=O) groups excluding carboxylic acids is 2. The van der Waals surface area contributed by atoms with Gasteiger partial charge in [0.1, 0.15) is 12.6 Å². The van der Waals surface area contributed by atoms with Crippen molar-refractivity contribution in [2.45, 2.75) is 39.7 Å². The third-order valence-corrected chi connectivity index (χ3v) is 3.88. The van der Waals surface area contributed by atoms with Crippen LogP contribution in [0.1, 0.15) is 54.3 Å². The van der Waals surface area contributed by atoms with Gasteiger partial charge < -0.3 is 0 Å². The first-order valence-corrected chi connectivity index (χ1v) is 8.70. The zero-order valence-electron chi connectivity index (χ0n) is 15.0. The van der Waals surface area contributed by atoms with E-state index in [9.17, 15) is 9.59 Å². The number of hydrogen-bond donors (Lipinski definition) is 0. The van der Waals surface area contributed by atoms with Crippen LogP contribution in [0.15, 0.2) is 58.6 Å². The molecular formula is C21H24N2O2. The second-order valence-corrected chi connectivity index (χ2v) is 5.85. The van der Waals surface area contributed by atoms with Crippen molar-refractivity contribution in [3.8, 4) is 0 Å². The Balaban J connectivity index is 2.59. The number of aliphatic imine (C=N–C) groups is 2. The molecular weight excluding hydrogens is 312 g/mol. The monoisotopic (exact) mass is 336 g/mol. The molecule has 1 atom stereocenters. The average molecular weight is 336 g/mol. The summed E-state index contributed by atoms with van der Waals surface area (Å²) in [6.07, 6.45) is 9.41. The van der Waals surface area contributed by atoms with Crippen LogP contribution >= 0.6 is 0 Å². The molecule has 1 aromatic rings. The van der Waals surface area contributed by atoms with Crippen molar-refractivity contribution in [1.29, 1.82) is 0 Å². The lowest BCUT2D eigenvalue weighted by Gasteiger charge is -2.14. The van der Waals surface area contributed by atoms with Gasteiger partial charge in [0.2, 0.25) is 0 Å². The molecule has 1 aliphatic heterocycles. The van der Waals surface area contributed by atoms with Crippen molar-refractivity contribution in [2.75, 3.05) is 6.54 Å². The Morgan fingerprint density at radius 1 is 1.00 bits per heavy atom. The highest BCUT2D eigenvalue weighted by atomic mass is 16.1. The molecule has 4 heteroatoms. The molecule has 0 saturated carbocycles. The predicted molar refractivity (Wildman–Crippen MR) is 103 cm³/mol. The maximum absolute atomic E-state index is 12.8. The normalized spacial score (nSPS) is 19.1. The van der Waals surface area contributed by atoms with Crippen LogP contribution in [-0.4, -0.2) is 35.6 Å². The van der Waals surface area contributed by atoms with Crippen LogP contribution in [0, 0.1) is 0 Å². The lowest BCUT2D eigenvalue weighted by Crippen LogP contribution is -2.24. The smallest absolute Gasteiger partial charge is 0.187 e. The predicted octanol–water partition coefficient (Wildman–Crippen LogP) is 4.27. The molecule has 0 amide bonds. The first-order valence-electron chi connectivity index (χ1n) is 8.70. The van der Waals surface area contributed by atoms with Gasteiger partial charge in [-0.25, -0.2) is 0 Å². The number of carbonyl (C=O) groups is 2. The summed E-state index contributed by atoms with van der Waals surface area (Å²) in [5, 5.41) is 0. The summed E-state index contributed by atoms with van der Waals surface area (Å²) in [6, 6.07) is 6.32. The second kappa shape index (κ2) is 9.02. The Bertz CT molecular complexity index is 770. The Hall–Kier alpha value is -2.62. The van der Waals surface area contributed by atoms with Crippen LogP contribution in [-0.2, 0) is 0 Å². The van der Waals surface area contributed by atoms with Crippen molar-refractivity contribution >= 4 is 23.0 Å². The molecule has 0 N–H and O–H groups in total. The molecule has 0 bridgehead atoms. The van der Waals surface area contributed by atoms with E-state index in [2.05, 4.69) is 9.98 Å². The maximum atomic E-state index is 12.8. The van der Waals surface area contributed by atoms with E-state index in [0.717, 1.165) is 12.8 Å². The summed E-state index contributed by atoms with van der Waals surface area (Å²) < 4.78 is 0. The Morgan fingerprint density at radius 3 is 2.24 bits per heavy atom. The maximum Gasteiger partial charge on any atom is 0.187 e. The Labute approximate surface area is 149 Å². The molecule has 1 aliphatic rings. The van der Waals surface area contributed by atoms with Crippen molar-refractivity contribution < 1.29 is 9.59 Å². The van der Waals surface area contributed by atoms with Gasteiger partial charge in [-0.15, -0.1) is 0 Å². The van der Waals surface area contributed by atoms with E-state index in [1.165, 1.54) is 0 Å². The number of allylic oxidation sites excluding steroid dienone is 4. The zero-order valence-corrected chi connectivity index (χ0v) is 15.0. The lowest BCUT2D eigenvalue weighted by molar-refractivity contribution is 0.0949. The fourth-order valence-electron chi connectivity index (χ4n) is 2.55. The van der Waals surface area contributed by atoms with Gasteiger partial charge in [0, 0.05) is 11.1 Å². The number of Topliss-reactive ketones (excluding diaryl/α,β-unsaturated/α-hetero) is 2. The van der Waals surface area contributed by atoms with Crippen LogP contribution in [0.3, 0.4) is 0 Å². The summed E-state index contributed by atoms with van der Waals surface area (Å²) in [6.45, 7) is 5.82. The highest BCUT2D eigenvalue weighted by Crippen LogP contribution is 2.16. The molecule has 0 radical (unpaired) electrons. The quantitative estimate of drug-likeness (QED) is 0.824. The summed E-state index contributed by atoms with van der Waals surface area (Å²) in [4.78, 5) is 34.5. The average Bonchev–Trinajstić information content (AvgIpc) is 2.63. The molecule has 0 saturated heterocycles. The molecule has 1 aromatic carbocycles. The standard InChI is InChI=1S/C21H24N2O2/c1-4-6-12-18-19(13-7-5-2)23-15(3)21(25)17-11-9-8-10-16(17)20(24)14-22-18/h6-13,15H,4-5,14H2,1-3H3/b12-6+,13-7+,22-18?,23-19?. The molecule has 0 fully saturated rings. The Kier molecular flexibility index (Phi) is 6.75. The highest BCUT2D eigenvalue weighted by molar-refractivity contribution is 6.50. The van der Waals surface area contributed by atoms with E-state index >= 15 is 0 Å². The molecule has 2 rings (SSSR count). The number of fused-ring (bicyclic) bond motifs is 1. The van der Waals surface area contributed by atoms with Crippen molar-refractivity contribution in [1.82, 2.24) is 0 Å². The van der Waals surface area contributed by atoms with Crippen LogP contribution in [0.25, 0.3) is 0 Å². The van der Waals surface area contributed by atoms with Crippen molar-refractivity contribution in [3.63, 3.8) is 0 Å². The Morgan fingerprint density at radius 2 is 1.60 bits per heavy atom. The summed E-state index contributed by atoms with van der Waals surface area (Å²) >= 11 is 0. The lowest BCUT2D eigenvalue weighted by atomic mass is 9.96. The minimum atomic E-state index is -0.580. The van der Waals surface area contributed by atoms with Gasteiger partial charge in [0.05, 0.1) is 11.4 Å². The molecule has 25 heavy (non-hydrogen) atoms. The van der Waals surface area contributed by atoms with Gasteiger partial charge >= 0.3 is 0 Å². The number of benzene rings is 1. The van der Waals surface area contributed by atoms with Crippen LogP contribution in [0.4, 0.5) is 0 Å². The van der Waals surface area contributed by atoms with Crippen LogP contribution in [0.2, 0.25) is 0 Å². The van der Waals surface area contributed by atoms with Gasteiger partial charge in [0.15, 0.2) is 11.6 Å². The molecule has 130 valence electrons. The molecule has 0 aromatic heterocycles. The first kappa shape index (κ1) is 18.7. The SMILES string of the molecule is CC/C=C/C1=NCC(=O)c2ccccc2C(=O)C(C)N=C1/C=C/CC. The second-order valence-electron chi connectivity index (χ2n) is 5.85. The van der Waals surface area contributed by atoms with E-state index in [1.54, 1.807) is 31.2 Å². The van der Waals surface area contributed by atoms with Gasteiger partial charge in [-0.3, -0.25) is 19.6 Å². The summed E-state index contributed by atoms with van der Waals surface area (Å²) in [5.74, 6) is -0.300. The van der Waals surface area contributed by atoms with Gasteiger partial charge in [-0.2, -0.15) is 0 Å². The number of ketones is 2. The minimum Gasteiger partial charge on any atom is -0.292 e. The highest BCUT2D eigenvalue weighted by Gasteiger charge is 2.22. The fourth-order valence-corrected chi connectivity index (χ4v) is 2.55. The van der Waals surface area contributed by atoms with Crippen LogP contribution in [0.5, 0.6) is 0 Å². The fraction of sp³-hybridized carbons (Fsp3) is 0.333. The molecule has 1 heterocycles. The number of rotatable bonds is 4. The van der Waals surface area contributed by atoms with E-state index in [-0.39, 0.29) is 18.1 Å². The molecule has 1 unspecified atom stereocenters. The van der Waals surface area contributed by atoms with E-state index in [0.29, 0.717) is 22.6 Å². The molecule has 0 spiro atoms. The largest absolute Gasteiger partial charge is 0.292 e. The van der Waals surface area contributed by atoms with Crippen LogP contribution < -0.4 is 0 Å². The van der Waals surface area contributed by atoms with Crippen molar-refractivity contribution in [3.05, 3.63) is 59.7 Å². The minimum absolute atomic E-state index is 0.00104. The first-order chi connectivity index (χ1) is 12.1. The summed E-state index contributed by atoms with van der Waals surface area (Å²) in [7, 11) is 0. The van der Waals surface area contributed by atoms with Gasteiger partial charge in [0.25, 0.3) is 0 Å². The van der Waals surface area contributed by atoms with E-state index < -0.39 is 6.04 Å². The number of nitrogens with zero attached hydrogens (tertiary/aromatic N) is 2. The molecule has 0 aliphatic carbocycles. The molecule has 4 nitrogen and oxygen atoms in total. The third-order valence-electron chi connectivity index (χ3n) is 3.88. The van der Waals surface area contributed by atoms with Crippen molar-refractivity contribution in [2.24, 2.45) is 9.98 Å². The topological polar surface area (TPSA) is 58.9 Å².